The second-order valence-corrected chi connectivity index (χ2v) is 13.1. The maximum Gasteiger partial charge on any atom is 0.252 e. The minimum atomic E-state index is -0.412. The van der Waals surface area contributed by atoms with E-state index in [0.717, 1.165) is 56.3 Å². The molecule has 3 aliphatic rings. The summed E-state index contributed by atoms with van der Waals surface area (Å²) in [6.45, 7) is 5.88. The first kappa shape index (κ1) is 32.5. The van der Waals surface area contributed by atoms with Gasteiger partial charge in [0.15, 0.2) is 6.29 Å². The van der Waals surface area contributed by atoms with E-state index in [4.69, 9.17) is 14.5 Å². The van der Waals surface area contributed by atoms with Gasteiger partial charge >= 0.3 is 0 Å². The standard InChI is InChI=1S/C37H47FN4O4/c1-26(27-11-4-2-5-12-27)39-37(44)35-30-23-29(38)16-17-32(30)40-36(28-13-6-3-7-14-28)31(35)24-41-19-20-42(33(43)25-41)18-10-22-46-34-15-8-9-21-45-34/h3,6-7,13-14,16-17,23,26-27,34H,2,4-5,8-12,15,18-22,24-25H2,1H3,(H,39,44)/t26?,34-/m0/s1. The highest BCUT2D eigenvalue weighted by Crippen LogP contribution is 2.33. The lowest BCUT2D eigenvalue weighted by Gasteiger charge is -2.35. The normalized spacial score (nSPS) is 20.6. The van der Waals surface area contributed by atoms with Crippen LogP contribution in [0.1, 0.15) is 80.6 Å². The zero-order valence-electron chi connectivity index (χ0n) is 27.0. The van der Waals surface area contributed by atoms with E-state index in [9.17, 15) is 14.0 Å². The predicted octanol–water partition coefficient (Wildman–Crippen LogP) is 6.32. The van der Waals surface area contributed by atoms with Gasteiger partial charge in [0, 0.05) is 55.3 Å². The van der Waals surface area contributed by atoms with Crippen molar-refractivity contribution in [1.82, 2.24) is 20.1 Å². The van der Waals surface area contributed by atoms with E-state index in [1.54, 1.807) is 6.07 Å². The Morgan fingerprint density at radius 1 is 1.07 bits per heavy atom. The van der Waals surface area contributed by atoms with Gasteiger partial charge in [-0.15, -0.1) is 0 Å². The fourth-order valence-electron chi connectivity index (χ4n) is 7.22. The van der Waals surface area contributed by atoms with Gasteiger partial charge in [-0.1, -0.05) is 49.6 Å². The molecule has 1 saturated carbocycles. The van der Waals surface area contributed by atoms with Gasteiger partial charge in [0.25, 0.3) is 5.91 Å². The van der Waals surface area contributed by atoms with Crippen molar-refractivity contribution < 1.29 is 23.5 Å². The summed E-state index contributed by atoms with van der Waals surface area (Å²) in [7, 11) is 0. The molecule has 0 spiro atoms. The zero-order valence-corrected chi connectivity index (χ0v) is 27.0. The Bertz CT molecular complexity index is 1490. The summed E-state index contributed by atoms with van der Waals surface area (Å²) in [4.78, 5) is 36.6. The van der Waals surface area contributed by atoms with Crippen molar-refractivity contribution in [2.75, 3.05) is 39.4 Å². The zero-order chi connectivity index (χ0) is 31.9. The molecule has 46 heavy (non-hydrogen) atoms. The number of ether oxygens (including phenoxy) is 2. The molecule has 9 heteroatoms. The minimum absolute atomic E-state index is 0.00335. The third-order valence-electron chi connectivity index (χ3n) is 9.83. The fraction of sp³-hybridized carbons (Fsp3) is 0.541. The van der Waals surface area contributed by atoms with Crippen molar-refractivity contribution in [2.45, 2.75) is 83.6 Å². The third kappa shape index (κ3) is 7.93. The number of aromatic nitrogens is 1. The van der Waals surface area contributed by atoms with Gasteiger partial charge in [-0.2, -0.15) is 0 Å². The monoisotopic (exact) mass is 630 g/mol. The molecular formula is C37H47FN4O4. The average molecular weight is 631 g/mol. The quantitative estimate of drug-likeness (QED) is 0.250. The van der Waals surface area contributed by atoms with Crippen LogP contribution < -0.4 is 5.32 Å². The smallest absolute Gasteiger partial charge is 0.252 e. The Balaban J connectivity index is 1.24. The number of amides is 2. The van der Waals surface area contributed by atoms with Gasteiger partial charge in [0.2, 0.25) is 5.91 Å². The van der Waals surface area contributed by atoms with Crippen LogP contribution in [0, 0.1) is 11.7 Å². The minimum Gasteiger partial charge on any atom is -0.353 e. The Kier molecular flexibility index (Phi) is 10.9. The van der Waals surface area contributed by atoms with E-state index in [-0.39, 0.29) is 30.7 Å². The topological polar surface area (TPSA) is 84.0 Å². The first-order valence-corrected chi connectivity index (χ1v) is 17.2. The molecule has 1 N–H and O–H groups in total. The molecule has 8 nitrogen and oxygen atoms in total. The van der Waals surface area contributed by atoms with Crippen LogP contribution in [-0.4, -0.2) is 78.3 Å². The molecule has 3 fully saturated rings. The van der Waals surface area contributed by atoms with E-state index in [2.05, 4.69) is 17.1 Å². The number of fused-ring (bicyclic) bond motifs is 1. The van der Waals surface area contributed by atoms with Gasteiger partial charge in [-0.25, -0.2) is 9.37 Å². The summed E-state index contributed by atoms with van der Waals surface area (Å²) in [5.74, 6) is -0.149. The molecule has 1 aliphatic carbocycles. The summed E-state index contributed by atoms with van der Waals surface area (Å²) in [6.07, 6.45) is 9.58. The van der Waals surface area contributed by atoms with Crippen molar-refractivity contribution >= 4 is 22.7 Å². The summed E-state index contributed by atoms with van der Waals surface area (Å²) in [5.41, 5.74) is 3.31. The Hall–Kier alpha value is -3.40. The van der Waals surface area contributed by atoms with E-state index >= 15 is 0 Å². The molecule has 2 saturated heterocycles. The first-order valence-electron chi connectivity index (χ1n) is 17.2. The third-order valence-corrected chi connectivity index (χ3v) is 9.83. The maximum atomic E-state index is 14.7. The van der Waals surface area contributed by atoms with Crippen LogP contribution in [0.25, 0.3) is 22.2 Å². The average Bonchev–Trinajstić information content (AvgIpc) is 3.08. The van der Waals surface area contributed by atoms with Crippen molar-refractivity contribution in [3.63, 3.8) is 0 Å². The lowest BCUT2D eigenvalue weighted by atomic mass is 9.84. The number of piperazine rings is 1. The number of carbonyl (C=O) groups excluding carboxylic acids is 2. The molecule has 3 aromatic rings. The molecule has 2 aromatic carbocycles. The Labute approximate surface area is 271 Å². The first-order chi connectivity index (χ1) is 22.5. The molecule has 6 rings (SSSR count). The maximum absolute atomic E-state index is 14.7. The van der Waals surface area contributed by atoms with Crippen molar-refractivity contribution in [3.05, 3.63) is 65.5 Å². The molecule has 0 radical (unpaired) electrons. The van der Waals surface area contributed by atoms with Gasteiger partial charge in [0.05, 0.1) is 29.9 Å². The number of hydrogen-bond acceptors (Lipinski definition) is 6. The van der Waals surface area contributed by atoms with Crippen LogP contribution in [0.4, 0.5) is 4.39 Å². The van der Waals surface area contributed by atoms with E-state index in [0.29, 0.717) is 60.9 Å². The Morgan fingerprint density at radius 2 is 1.87 bits per heavy atom. The largest absolute Gasteiger partial charge is 0.353 e. The molecule has 1 aromatic heterocycles. The van der Waals surface area contributed by atoms with Crippen LogP contribution in [0.3, 0.4) is 0 Å². The number of carbonyl (C=O) groups is 2. The van der Waals surface area contributed by atoms with Gasteiger partial charge in [-0.05, 0) is 69.6 Å². The van der Waals surface area contributed by atoms with Gasteiger partial charge in [0.1, 0.15) is 5.82 Å². The van der Waals surface area contributed by atoms with Crippen LogP contribution >= 0.6 is 0 Å². The number of pyridine rings is 1. The second kappa shape index (κ2) is 15.5. The van der Waals surface area contributed by atoms with Crippen LogP contribution in [0.2, 0.25) is 0 Å². The molecule has 246 valence electrons. The van der Waals surface area contributed by atoms with E-state index in [1.165, 1.54) is 31.4 Å². The second-order valence-electron chi connectivity index (χ2n) is 13.1. The van der Waals surface area contributed by atoms with Crippen LogP contribution in [-0.2, 0) is 20.8 Å². The number of rotatable bonds is 11. The summed E-state index contributed by atoms with van der Waals surface area (Å²) in [5, 5.41) is 3.79. The predicted molar refractivity (Wildman–Crippen MR) is 177 cm³/mol. The van der Waals surface area contributed by atoms with Crippen LogP contribution in [0.15, 0.2) is 48.5 Å². The summed E-state index contributed by atoms with van der Waals surface area (Å²) >= 11 is 0. The van der Waals surface area contributed by atoms with E-state index in [1.807, 2.05) is 35.2 Å². The lowest BCUT2D eigenvalue weighted by molar-refractivity contribution is -0.163. The number of nitrogens with one attached hydrogen (secondary N) is 1. The lowest BCUT2D eigenvalue weighted by Crippen LogP contribution is -2.50. The fourth-order valence-corrected chi connectivity index (χ4v) is 7.22. The SMILES string of the molecule is CC(NC(=O)c1c(CN2CCN(CCCO[C@H]3CCCCO3)C(=O)C2)c(-c2ccccc2)nc2ccc(F)cc12)C1CCCCC1. The molecular weight excluding hydrogens is 583 g/mol. The number of hydrogen-bond donors (Lipinski definition) is 1. The molecule has 1 unspecified atom stereocenters. The van der Waals surface area contributed by atoms with Gasteiger partial charge < -0.3 is 19.7 Å². The van der Waals surface area contributed by atoms with Crippen molar-refractivity contribution in [1.29, 1.82) is 0 Å². The number of halogens is 1. The summed E-state index contributed by atoms with van der Waals surface area (Å²) in [6, 6.07) is 14.3. The highest BCUT2D eigenvalue weighted by molar-refractivity contribution is 6.09. The van der Waals surface area contributed by atoms with Crippen molar-refractivity contribution in [3.8, 4) is 11.3 Å². The number of benzene rings is 2. The highest BCUT2D eigenvalue weighted by atomic mass is 19.1. The number of nitrogens with zero attached hydrogens (tertiary/aromatic N) is 3. The molecule has 2 aliphatic heterocycles. The molecule has 3 heterocycles. The highest BCUT2D eigenvalue weighted by Gasteiger charge is 2.30. The Morgan fingerprint density at radius 3 is 2.63 bits per heavy atom. The molecule has 0 bridgehead atoms. The van der Waals surface area contributed by atoms with Gasteiger partial charge in [-0.3, -0.25) is 14.5 Å². The van der Waals surface area contributed by atoms with E-state index < -0.39 is 5.82 Å². The molecule has 2 atom stereocenters. The molecule has 2 amide bonds. The van der Waals surface area contributed by atoms with Crippen LogP contribution in [0.5, 0.6) is 0 Å². The summed E-state index contributed by atoms with van der Waals surface area (Å²) < 4.78 is 26.3. The van der Waals surface area contributed by atoms with Crippen molar-refractivity contribution in [2.24, 2.45) is 5.92 Å².